The van der Waals surface area contributed by atoms with E-state index in [-0.39, 0.29) is 30.4 Å². The second-order valence-corrected chi connectivity index (χ2v) is 4.24. The summed E-state index contributed by atoms with van der Waals surface area (Å²) >= 11 is 0. The van der Waals surface area contributed by atoms with Crippen LogP contribution in [0.1, 0.15) is 0 Å². The van der Waals surface area contributed by atoms with Crippen molar-refractivity contribution in [1.29, 1.82) is 0 Å². The molecule has 0 atom stereocenters. The highest BCUT2D eigenvalue weighted by Gasteiger charge is 2.02. The minimum Gasteiger partial charge on any atom is -0.367 e. The van der Waals surface area contributed by atoms with Crippen LogP contribution in [-0.2, 0) is 6.67 Å². The first-order valence-corrected chi connectivity index (χ1v) is 6.08. The number of halogens is 2. The number of nitrogens with one attached hydrogen (secondary N) is 1. The molecule has 0 saturated heterocycles. The van der Waals surface area contributed by atoms with Crippen LogP contribution in [0.4, 0.5) is 5.69 Å². The summed E-state index contributed by atoms with van der Waals surface area (Å²) in [5.41, 5.74) is 1.67. The summed E-state index contributed by atoms with van der Waals surface area (Å²) in [7, 11) is 0. The van der Waals surface area contributed by atoms with Gasteiger partial charge in [-0.05, 0) is 24.3 Å². The van der Waals surface area contributed by atoms with E-state index in [0.717, 1.165) is 11.2 Å². The number of benzene rings is 2. The summed E-state index contributed by atoms with van der Waals surface area (Å²) in [4.78, 5) is 16.5. The number of aromatic nitrogens is 2. The Labute approximate surface area is 134 Å². The number of hydrogen-bond acceptors (Lipinski definition) is 3. The number of nitrogens with zero attached hydrogens (tertiary/aromatic N) is 2. The van der Waals surface area contributed by atoms with Crippen molar-refractivity contribution in [2.75, 3.05) is 5.32 Å². The smallest absolute Gasteiger partial charge is 0.262 e. The highest BCUT2D eigenvalue weighted by Crippen LogP contribution is 2.06. The van der Waals surface area contributed by atoms with E-state index in [4.69, 9.17) is 0 Å². The molecule has 110 valence electrons. The van der Waals surface area contributed by atoms with Gasteiger partial charge in [0, 0.05) is 5.69 Å². The fraction of sp³-hybridized carbons (Fsp3) is 0.0667. The average Bonchev–Trinajstić information content (AvgIpc) is 2.48. The molecule has 0 amide bonds. The Morgan fingerprint density at radius 1 is 0.952 bits per heavy atom. The molecule has 0 aliphatic heterocycles. The summed E-state index contributed by atoms with van der Waals surface area (Å²) in [5.74, 6) is 0. The molecule has 3 aromatic rings. The molecule has 1 aromatic heterocycles. The van der Waals surface area contributed by atoms with Crippen molar-refractivity contribution >= 4 is 41.4 Å². The number of hydrogen-bond donors (Lipinski definition) is 1. The summed E-state index contributed by atoms with van der Waals surface area (Å²) in [6, 6.07) is 17.1. The molecule has 0 spiro atoms. The van der Waals surface area contributed by atoms with Gasteiger partial charge in [-0.2, -0.15) is 0 Å². The zero-order valence-electron chi connectivity index (χ0n) is 11.1. The van der Waals surface area contributed by atoms with Crippen molar-refractivity contribution in [2.24, 2.45) is 0 Å². The van der Waals surface area contributed by atoms with E-state index < -0.39 is 0 Å². The van der Waals surface area contributed by atoms with Crippen LogP contribution in [0.5, 0.6) is 0 Å². The SMILES string of the molecule is Cl.Cl.O=c1c2ccccc2ncn1CNc1ccccc1. The van der Waals surface area contributed by atoms with Crippen LogP contribution >= 0.6 is 24.8 Å². The van der Waals surface area contributed by atoms with E-state index in [9.17, 15) is 4.79 Å². The topological polar surface area (TPSA) is 46.9 Å². The third-order valence-corrected chi connectivity index (χ3v) is 2.96. The number of anilines is 1. The first-order valence-electron chi connectivity index (χ1n) is 6.08. The lowest BCUT2D eigenvalue weighted by molar-refractivity contribution is 0.729. The first-order chi connectivity index (χ1) is 9.34. The van der Waals surface area contributed by atoms with E-state index in [1.54, 1.807) is 17.0 Å². The number of rotatable bonds is 3. The maximum atomic E-state index is 12.2. The predicted molar refractivity (Wildman–Crippen MR) is 90.6 cm³/mol. The van der Waals surface area contributed by atoms with Crippen LogP contribution in [-0.4, -0.2) is 9.55 Å². The molecule has 21 heavy (non-hydrogen) atoms. The highest BCUT2D eigenvalue weighted by atomic mass is 35.5. The lowest BCUT2D eigenvalue weighted by Crippen LogP contribution is -2.24. The molecular formula is C15H15Cl2N3O. The van der Waals surface area contributed by atoms with Gasteiger partial charge in [0.2, 0.25) is 0 Å². The average molecular weight is 324 g/mol. The summed E-state index contributed by atoms with van der Waals surface area (Å²) in [5, 5.41) is 3.83. The van der Waals surface area contributed by atoms with Crippen molar-refractivity contribution in [3.05, 3.63) is 71.3 Å². The number of para-hydroxylation sites is 2. The molecule has 6 heteroatoms. The normalized spacial score (nSPS) is 9.52. The van der Waals surface area contributed by atoms with Crippen molar-refractivity contribution in [3.8, 4) is 0 Å². The van der Waals surface area contributed by atoms with Gasteiger partial charge in [0.15, 0.2) is 0 Å². The van der Waals surface area contributed by atoms with Crippen LogP contribution in [0.15, 0.2) is 65.7 Å². The van der Waals surface area contributed by atoms with Gasteiger partial charge in [0.05, 0.1) is 23.9 Å². The fourth-order valence-electron chi connectivity index (χ4n) is 1.95. The molecule has 0 radical (unpaired) electrons. The summed E-state index contributed by atoms with van der Waals surface area (Å²) in [6.07, 6.45) is 1.57. The van der Waals surface area contributed by atoms with Crippen LogP contribution < -0.4 is 10.9 Å². The molecule has 4 nitrogen and oxygen atoms in total. The molecule has 0 unspecified atom stereocenters. The minimum atomic E-state index is -0.0333. The van der Waals surface area contributed by atoms with Gasteiger partial charge in [-0.25, -0.2) is 4.98 Å². The Hall–Kier alpha value is -2.04. The predicted octanol–water partition coefficient (Wildman–Crippen LogP) is 3.31. The summed E-state index contributed by atoms with van der Waals surface area (Å²) in [6.45, 7) is 0.403. The molecule has 2 aromatic carbocycles. The van der Waals surface area contributed by atoms with E-state index in [2.05, 4.69) is 10.3 Å². The van der Waals surface area contributed by atoms with Gasteiger partial charge >= 0.3 is 0 Å². The van der Waals surface area contributed by atoms with E-state index >= 15 is 0 Å². The monoisotopic (exact) mass is 323 g/mol. The standard InChI is InChI=1S/C15H13N3O.2ClH/c19-15-13-8-4-5-9-14(13)17-11-18(15)10-16-12-6-2-1-3-7-12;;/h1-9,11,16H,10H2;2*1H. The molecule has 3 rings (SSSR count). The Kier molecular flexibility index (Phi) is 6.21. The molecular weight excluding hydrogens is 309 g/mol. The van der Waals surface area contributed by atoms with Crippen molar-refractivity contribution in [3.63, 3.8) is 0 Å². The molecule has 0 fully saturated rings. The largest absolute Gasteiger partial charge is 0.367 e. The molecule has 0 saturated carbocycles. The Bertz CT molecular complexity index is 759. The fourth-order valence-corrected chi connectivity index (χ4v) is 1.95. The lowest BCUT2D eigenvalue weighted by Gasteiger charge is -2.09. The van der Waals surface area contributed by atoms with Crippen LogP contribution in [0.25, 0.3) is 10.9 Å². The van der Waals surface area contributed by atoms with Crippen molar-refractivity contribution in [1.82, 2.24) is 9.55 Å². The van der Waals surface area contributed by atoms with Gasteiger partial charge in [0.1, 0.15) is 0 Å². The maximum absolute atomic E-state index is 12.2. The van der Waals surface area contributed by atoms with Gasteiger partial charge in [-0.1, -0.05) is 30.3 Å². The maximum Gasteiger partial charge on any atom is 0.262 e. The Morgan fingerprint density at radius 3 is 2.38 bits per heavy atom. The zero-order valence-corrected chi connectivity index (χ0v) is 12.7. The Morgan fingerprint density at radius 2 is 1.62 bits per heavy atom. The first kappa shape index (κ1) is 17.0. The summed E-state index contributed by atoms with van der Waals surface area (Å²) < 4.78 is 1.56. The quantitative estimate of drug-likeness (QED) is 0.804. The van der Waals surface area contributed by atoms with Gasteiger partial charge in [-0.3, -0.25) is 9.36 Å². The Balaban J connectivity index is 0.00000110. The van der Waals surface area contributed by atoms with Crippen molar-refractivity contribution < 1.29 is 0 Å². The van der Waals surface area contributed by atoms with E-state index in [0.29, 0.717) is 12.1 Å². The van der Waals surface area contributed by atoms with Crippen LogP contribution in [0.3, 0.4) is 0 Å². The van der Waals surface area contributed by atoms with Gasteiger partial charge in [-0.15, -0.1) is 24.8 Å². The van der Waals surface area contributed by atoms with Crippen LogP contribution in [0.2, 0.25) is 0 Å². The van der Waals surface area contributed by atoms with Crippen LogP contribution in [0, 0.1) is 0 Å². The molecule has 0 aliphatic carbocycles. The second-order valence-electron chi connectivity index (χ2n) is 4.24. The second kappa shape index (κ2) is 7.67. The molecule has 0 aliphatic rings. The van der Waals surface area contributed by atoms with Crippen molar-refractivity contribution in [2.45, 2.75) is 6.67 Å². The van der Waals surface area contributed by atoms with Gasteiger partial charge < -0.3 is 5.32 Å². The third kappa shape index (κ3) is 3.74. The van der Waals surface area contributed by atoms with E-state index in [1.165, 1.54) is 0 Å². The highest BCUT2D eigenvalue weighted by molar-refractivity contribution is 5.85. The zero-order chi connectivity index (χ0) is 13.1. The van der Waals surface area contributed by atoms with Gasteiger partial charge in [0.25, 0.3) is 5.56 Å². The molecule has 1 N–H and O–H groups in total. The number of fused-ring (bicyclic) bond motifs is 1. The molecule has 0 bridgehead atoms. The molecule has 1 heterocycles. The lowest BCUT2D eigenvalue weighted by atomic mass is 10.2. The van der Waals surface area contributed by atoms with E-state index in [1.807, 2.05) is 48.5 Å². The minimum absolute atomic E-state index is 0. The third-order valence-electron chi connectivity index (χ3n) is 2.96.